The molecule has 15 heavy (non-hydrogen) atoms. The first kappa shape index (κ1) is 11.7. The second-order valence-electron chi connectivity index (χ2n) is 3.13. The monoisotopic (exact) mass is 213 g/mol. The van der Waals surface area contributed by atoms with Crippen LogP contribution < -0.4 is 0 Å². The highest BCUT2D eigenvalue weighted by molar-refractivity contribution is 5.92. The Morgan fingerprint density at radius 1 is 1.47 bits per heavy atom. The summed E-state index contributed by atoms with van der Waals surface area (Å²) in [6.45, 7) is 0.183. The number of nitrogens with zero attached hydrogens (tertiary/aromatic N) is 3. The molecule has 0 aliphatic rings. The van der Waals surface area contributed by atoms with Gasteiger partial charge in [-0.05, 0) is 0 Å². The SMILES string of the molecule is Cn1cncc1C(=O)N(CCO)CCO. The lowest BCUT2D eigenvalue weighted by Crippen LogP contribution is -2.36. The summed E-state index contributed by atoms with van der Waals surface area (Å²) in [5.74, 6) is -0.238. The van der Waals surface area contributed by atoms with Crippen LogP contribution in [0.5, 0.6) is 0 Å². The molecule has 0 aliphatic heterocycles. The van der Waals surface area contributed by atoms with Crippen molar-refractivity contribution in [3.8, 4) is 0 Å². The lowest BCUT2D eigenvalue weighted by atomic mass is 10.3. The molecule has 0 spiro atoms. The molecule has 1 aromatic heterocycles. The number of carbonyl (C=O) groups excluding carboxylic acids is 1. The second kappa shape index (κ2) is 5.47. The molecule has 1 heterocycles. The third-order valence-corrected chi connectivity index (χ3v) is 2.06. The van der Waals surface area contributed by atoms with Gasteiger partial charge in [0.15, 0.2) is 0 Å². The van der Waals surface area contributed by atoms with E-state index in [0.29, 0.717) is 5.69 Å². The van der Waals surface area contributed by atoms with Gasteiger partial charge in [-0.25, -0.2) is 4.98 Å². The first-order valence-electron chi connectivity index (χ1n) is 4.68. The van der Waals surface area contributed by atoms with E-state index in [0.717, 1.165) is 0 Å². The Bertz CT molecular complexity index is 318. The molecule has 0 unspecified atom stereocenters. The van der Waals surface area contributed by atoms with Gasteiger partial charge < -0.3 is 19.7 Å². The van der Waals surface area contributed by atoms with E-state index in [2.05, 4.69) is 4.98 Å². The summed E-state index contributed by atoms with van der Waals surface area (Å²) in [6.07, 6.45) is 2.99. The van der Waals surface area contributed by atoms with Crippen molar-refractivity contribution in [3.05, 3.63) is 18.2 Å². The van der Waals surface area contributed by atoms with Crippen LogP contribution in [0.15, 0.2) is 12.5 Å². The molecule has 1 aromatic rings. The normalized spacial score (nSPS) is 10.3. The maximum Gasteiger partial charge on any atom is 0.272 e. The van der Waals surface area contributed by atoms with Crippen molar-refractivity contribution in [2.45, 2.75) is 0 Å². The minimum Gasteiger partial charge on any atom is -0.395 e. The molecule has 1 rings (SSSR count). The lowest BCUT2D eigenvalue weighted by Gasteiger charge is -2.20. The second-order valence-corrected chi connectivity index (χ2v) is 3.13. The van der Waals surface area contributed by atoms with Crippen LogP contribution in [0.3, 0.4) is 0 Å². The summed E-state index contributed by atoms with van der Waals surface area (Å²) >= 11 is 0. The van der Waals surface area contributed by atoms with Gasteiger partial charge in [0.2, 0.25) is 0 Å². The van der Waals surface area contributed by atoms with E-state index in [1.165, 1.54) is 17.4 Å². The van der Waals surface area contributed by atoms with Gasteiger partial charge in [-0.3, -0.25) is 4.79 Å². The van der Waals surface area contributed by atoms with Crippen LogP contribution in [0, 0.1) is 0 Å². The Kier molecular flexibility index (Phi) is 4.26. The fourth-order valence-electron chi connectivity index (χ4n) is 1.28. The third kappa shape index (κ3) is 2.77. The first-order valence-corrected chi connectivity index (χ1v) is 4.68. The van der Waals surface area contributed by atoms with E-state index >= 15 is 0 Å². The summed E-state index contributed by atoms with van der Waals surface area (Å²) in [7, 11) is 1.72. The lowest BCUT2D eigenvalue weighted by molar-refractivity contribution is 0.0675. The zero-order chi connectivity index (χ0) is 11.3. The van der Waals surface area contributed by atoms with Gasteiger partial charge in [-0.1, -0.05) is 0 Å². The first-order chi connectivity index (χ1) is 7.20. The van der Waals surface area contributed by atoms with Crippen LogP contribution in [0.1, 0.15) is 10.5 Å². The van der Waals surface area contributed by atoms with Crippen molar-refractivity contribution in [2.75, 3.05) is 26.3 Å². The van der Waals surface area contributed by atoms with E-state index in [4.69, 9.17) is 10.2 Å². The molecule has 0 saturated heterocycles. The van der Waals surface area contributed by atoms with Crippen LogP contribution in [0.2, 0.25) is 0 Å². The van der Waals surface area contributed by atoms with Crippen LogP contribution in [-0.4, -0.2) is 56.9 Å². The summed E-state index contributed by atoms with van der Waals surface area (Å²) in [5.41, 5.74) is 0.442. The standard InChI is InChI=1S/C9H15N3O3/c1-11-7-10-6-8(11)9(15)12(2-4-13)3-5-14/h6-7,13-14H,2-5H2,1H3. The van der Waals surface area contributed by atoms with E-state index in [1.807, 2.05) is 0 Å². The molecule has 2 N–H and O–H groups in total. The number of imidazole rings is 1. The number of aromatic nitrogens is 2. The molecule has 6 nitrogen and oxygen atoms in total. The number of hydrogen-bond acceptors (Lipinski definition) is 4. The number of aryl methyl sites for hydroxylation is 1. The number of rotatable bonds is 5. The zero-order valence-corrected chi connectivity index (χ0v) is 8.63. The molecule has 0 aromatic carbocycles. The number of aliphatic hydroxyl groups excluding tert-OH is 2. The van der Waals surface area contributed by atoms with Gasteiger partial charge >= 0.3 is 0 Å². The van der Waals surface area contributed by atoms with Gasteiger partial charge in [0.05, 0.1) is 25.7 Å². The van der Waals surface area contributed by atoms with E-state index in [1.54, 1.807) is 11.6 Å². The number of carbonyl (C=O) groups is 1. The molecular weight excluding hydrogens is 198 g/mol. The summed E-state index contributed by atoms with van der Waals surface area (Å²) in [4.78, 5) is 17.1. The fourth-order valence-corrected chi connectivity index (χ4v) is 1.28. The fraction of sp³-hybridized carbons (Fsp3) is 0.556. The molecular formula is C9H15N3O3. The van der Waals surface area contributed by atoms with Gasteiger partial charge in [-0.2, -0.15) is 0 Å². The van der Waals surface area contributed by atoms with Crippen LogP contribution in [0.25, 0.3) is 0 Å². The maximum atomic E-state index is 11.8. The smallest absolute Gasteiger partial charge is 0.272 e. The topological polar surface area (TPSA) is 78.6 Å². The number of aliphatic hydroxyl groups is 2. The number of amides is 1. The van der Waals surface area contributed by atoms with E-state index in [-0.39, 0.29) is 32.2 Å². The third-order valence-electron chi connectivity index (χ3n) is 2.06. The van der Waals surface area contributed by atoms with E-state index in [9.17, 15) is 4.79 Å². The van der Waals surface area contributed by atoms with Crippen LogP contribution in [-0.2, 0) is 7.05 Å². The van der Waals surface area contributed by atoms with E-state index < -0.39 is 0 Å². The molecule has 0 bridgehead atoms. The summed E-state index contributed by atoms with van der Waals surface area (Å²) in [6, 6.07) is 0. The summed E-state index contributed by atoms with van der Waals surface area (Å²) in [5, 5.41) is 17.6. The van der Waals surface area contributed by atoms with Gasteiger partial charge in [-0.15, -0.1) is 0 Å². The molecule has 84 valence electrons. The summed E-state index contributed by atoms with van der Waals surface area (Å²) < 4.78 is 1.60. The highest BCUT2D eigenvalue weighted by Crippen LogP contribution is 2.02. The number of hydrogen-bond donors (Lipinski definition) is 2. The predicted molar refractivity (Wildman–Crippen MR) is 53.3 cm³/mol. The molecule has 0 saturated carbocycles. The average molecular weight is 213 g/mol. The van der Waals surface area contributed by atoms with Crippen molar-refractivity contribution < 1.29 is 15.0 Å². The Morgan fingerprint density at radius 2 is 2.07 bits per heavy atom. The van der Waals surface area contributed by atoms with Crippen molar-refractivity contribution >= 4 is 5.91 Å². The Balaban J connectivity index is 2.76. The highest BCUT2D eigenvalue weighted by atomic mass is 16.3. The highest BCUT2D eigenvalue weighted by Gasteiger charge is 2.17. The minimum absolute atomic E-state index is 0.121. The predicted octanol–water partition coefficient (Wildman–Crippen LogP) is -1.15. The Morgan fingerprint density at radius 3 is 2.47 bits per heavy atom. The Hall–Kier alpha value is -1.40. The van der Waals surface area contributed by atoms with Gasteiger partial charge in [0.1, 0.15) is 5.69 Å². The average Bonchev–Trinajstić information content (AvgIpc) is 2.63. The Labute approximate surface area is 87.8 Å². The van der Waals surface area contributed by atoms with Crippen molar-refractivity contribution in [1.82, 2.24) is 14.5 Å². The molecule has 0 aliphatic carbocycles. The largest absolute Gasteiger partial charge is 0.395 e. The molecule has 1 amide bonds. The van der Waals surface area contributed by atoms with Crippen LogP contribution in [0.4, 0.5) is 0 Å². The quantitative estimate of drug-likeness (QED) is 0.647. The van der Waals surface area contributed by atoms with Crippen molar-refractivity contribution in [3.63, 3.8) is 0 Å². The molecule has 6 heteroatoms. The molecule has 0 radical (unpaired) electrons. The zero-order valence-electron chi connectivity index (χ0n) is 8.63. The minimum atomic E-state index is -0.238. The van der Waals surface area contributed by atoms with Crippen molar-refractivity contribution in [2.24, 2.45) is 7.05 Å². The molecule has 0 atom stereocenters. The van der Waals surface area contributed by atoms with Crippen molar-refractivity contribution in [1.29, 1.82) is 0 Å². The van der Waals surface area contributed by atoms with Gasteiger partial charge in [0, 0.05) is 20.1 Å². The van der Waals surface area contributed by atoms with Crippen LogP contribution >= 0.6 is 0 Å². The maximum absolute atomic E-state index is 11.8. The molecule has 0 fully saturated rings. The van der Waals surface area contributed by atoms with Gasteiger partial charge in [0.25, 0.3) is 5.91 Å².